The van der Waals surface area contributed by atoms with Gasteiger partial charge in [0.05, 0.1) is 25.1 Å². The molecule has 0 spiro atoms. The predicted octanol–water partition coefficient (Wildman–Crippen LogP) is 2.94. The molecule has 1 aromatic carbocycles. The Morgan fingerprint density at radius 1 is 1.00 bits per heavy atom. The predicted molar refractivity (Wildman–Crippen MR) is 126 cm³/mol. The van der Waals surface area contributed by atoms with E-state index in [-0.39, 0.29) is 18.7 Å². The van der Waals surface area contributed by atoms with E-state index in [1.807, 2.05) is 24.4 Å². The maximum Gasteiger partial charge on any atom is 0.279 e. The second-order valence-corrected chi connectivity index (χ2v) is 8.72. The van der Waals surface area contributed by atoms with Gasteiger partial charge in [0.2, 0.25) is 11.8 Å². The molecule has 3 N–H and O–H groups in total. The van der Waals surface area contributed by atoms with Crippen LogP contribution in [0.3, 0.4) is 0 Å². The second kappa shape index (κ2) is 12.0. The number of carbonyl (C=O) groups excluding carboxylic acids is 3. The lowest BCUT2D eigenvalue weighted by Crippen LogP contribution is -2.47. The van der Waals surface area contributed by atoms with Gasteiger partial charge in [-0.1, -0.05) is 6.07 Å². The lowest BCUT2D eigenvalue weighted by atomic mass is 10.3. The van der Waals surface area contributed by atoms with Gasteiger partial charge in [0.1, 0.15) is 11.5 Å². The minimum Gasteiger partial charge on any atom is -0.494 e. The number of aromatic nitrogens is 1. The lowest BCUT2D eigenvalue weighted by molar-refractivity contribution is -0.132. The van der Waals surface area contributed by atoms with E-state index in [1.54, 1.807) is 36.6 Å². The maximum atomic E-state index is 12.2. The molecule has 0 fully saturated rings. The zero-order chi connectivity index (χ0) is 23.6. The van der Waals surface area contributed by atoms with Gasteiger partial charge in [0.15, 0.2) is 11.2 Å². The third-order valence-electron chi connectivity index (χ3n) is 4.20. The third-order valence-corrected chi connectivity index (χ3v) is 5.88. The van der Waals surface area contributed by atoms with Crippen LogP contribution in [0.2, 0.25) is 0 Å². The molecule has 2 aromatic heterocycles. The van der Waals surface area contributed by atoms with Crippen molar-refractivity contribution in [3.8, 4) is 11.5 Å². The first-order valence-corrected chi connectivity index (χ1v) is 11.9. The molecule has 33 heavy (non-hydrogen) atoms. The molecule has 3 amide bonds. The van der Waals surface area contributed by atoms with Crippen LogP contribution in [0.4, 0.5) is 5.13 Å². The molecule has 11 heteroatoms. The van der Waals surface area contributed by atoms with E-state index in [9.17, 15) is 14.4 Å². The second-order valence-electron chi connectivity index (χ2n) is 6.83. The van der Waals surface area contributed by atoms with Crippen LogP contribution < -0.4 is 25.6 Å². The van der Waals surface area contributed by atoms with Gasteiger partial charge in [-0.25, -0.2) is 4.98 Å². The van der Waals surface area contributed by atoms with E-state index in [4.69, 9.17) is 9.47 Å². The van der Waals surface area contributed by atoms with Gasteiger partial charge in [-0.2, -0.15) is 0 Å². The Morgan fingerprint density at radius 3 is 2.45 bits per heavy atom. The molecule has 0 aliphatic heterocycles. The molecule has 3 aromatic rings. The summed E-state index contributed by atoms with van der Waals surface area (Å²) in [6.45, 7) is 4.03. The lowest BCUT2D eigenvalue weighted by Gasteiger charge is -2.15. The number of hydrogen-bond acceptors (Lipinski definition) is 8. The molecule has 0 saturated carbocycles. The first kappa shape index (κ1) is 24.2. The van der Waals surface area contributed by atoms with Gasteiger partial charge in [-0.05, 0) is 49.6 Å². The van der Waals surface area contributed by atoms with Crippen molar-refractivity contribution in [2.24, 2.45) is 0 Å². The van der Waals surface area contributed by atoms with Crippen LogP contribution >= 0.6 is 22.7 Å². The standard InChI is InChI=1S/C22H24N4O5S2/c1-3-30-16-6-8-17(9-7-16)31-14(2)21(29)26-25-20(28)11-15-13-33-22(23-15)24-19(27)12-18-5-4-10-32-18/h4-10,13-14H,3,11-12H2,1-2H3,(H,25,28)(H,26,29)(H,23,24,27). The Morgan fingerprint density at radius 2 is 1.76 bits per heavy atom. The first-order valence-electron chi connectivity index (χ1n) is 10.2. The van der Waals surface area contributed by atoms with Gasteiger partial charge in [0.25, 0.3) is 5.91 Å². The number of nitrogens with one attached hydrogen (secondary N) is 3. The Kier molecular flexibility index (Phi) is 8.79. The van der Waals surface area contributed by atoms with Crippen LogP contribution in [0.25, 0.3) is 0 Å². The summed E-state index contributed by atoms with van der Waals surface area (Å²) < 4.78 is 10.9. The quantitative estimate of drug-likeness (QED) is 0.378. The summed E-state index contributed by atoms with van der Waals surface area (Å²) in [5.74, 6) is 0.0945. The van der Waals surface area contributed by atoms with Gasteiger partial charge in [-0.3, -0.25) is 25.2 Å². The van der Waals surface area contributed by atoms with Crippen LogP contribution in [0.15, 0.2) is 47.2 Å². The summed E-state index contributed by atoms with van der Waals surface area (Å²) in [7, 11) is 0. The minimum absolute atomic E-state index is 0.0499. The molecule has 0 bridgehead atoms. The summed E-state index contributed by atoms with van der Waals surface area (Å²) in [6.07, 6.45) is -0.602. The van der Waals surface area contributed by atoms with E-state index in [0.29, 0.717) is 28.9 Å². The SMILES string of the molecule is CCOc1ccc(OC(C)C(=O)NNC(=O)Cc2csc(NC(=O)Cc3cccs3)n2)cc1. The number of thiophene rings is 1. The van der Waals surface area contributed by atoms with Gasteiger partial charge in [-0.15, -0.1) is 22.7 Å². The number of benzene rings is 1. The number of hydrazine groups is 1. The van der Waals surface area contributed by atoms with Crippen molar-refractivity contribution in [2.75, 3.05) is 11.9 Å². The summed E-state index contributed by atoms with van der Waals surface area (Å²) in [5.41, 5.74) is 5.16. The number of ether oxygens (including phenoxy) is 2. The van der Waals surface area contributed by atoms with Crippen molar-refractivity contribution < 1.29 is 23.9 Å². The van der Waals surface area contributed by atoms with Gasteiger partial charge >= 0.3 is 0 Å². The van der Waals surface area contributed by atoms with Crippen LogP contribution in [0.5, 0.6) is 11.5 Å². The molecule has 1 atom stereocenters. The average molecular weight is 489 g/mol. The summed E-state index contributed by atoms with van der Waals surface area (Å²) in [6, 6.07) is 10.7. The van der Waals surface area contributed by atoms with E-state index in [2.05, 4.69) is 21.2 Å². The highest BCUT2D eigenvalue weighted by atomic mass is 32.1. The molecular weight excluding hydrogens is 464 g/mol. The van der Waals surface area contributed by atoms with Crippen molar-refractivity contribution in [3.63, 3.8) is 0 Å². The molecule has 9 nitrogen and oxygen atoms in total. The van der Waals surface area contributed by atoms with Gasteiger partial charge in [0, 0.05) is 10.3 Å². The monoisotopic (exact) mass is 488 g/mol. The zero-order valence-electron chi connectivity index (χ0n) is 18.1. The van der Waals surface area contributed by atoms with Crippen molar-refractivity contribution >= 4 is 45.5 Å². The normalized spacial score (nSPS) is 11.3. The van der Waals surface area contributed by atoms with Crippen molar-refractivity contribution in [1.82, 2.24) is 15.8 Å². The molecule has 0 radical (unpaired) electrons. The van der Waals surface area contributed by atoms with Crippen molar-refractivity contribution in [3.05, 3.63) is 57.7 Å². The molecule has 1 unspecified atom stereocenters. The summed E-state index contributed by atoms with van der Waals surface area (Å²) in [5, 5.41) is 6.73. The fraction of sp³-hybridized carbons (Fsp3) is 0.273. The number of amides is 3. The zero-order valence-corrected chi connectivity index (χ0v) is 19.8. The summed E-state index contributed by atoms with van der Waals surface area (Å²) in [4.78, 5) is 41.6. The van der Waals surface area contributed by atoms with Crippen LogP contribution in [0.1, 0.15) is 24.4 Å². The smallest absolute Gasteiger partial charge is 0.279 e. The highest BCUT2D eigenvalue weighted by Crippen LogP contribution is 2.19. The number of anilines is 1. The number of nitrogens with zero attached hydrogens (tertiary/aromatic N) is 1. The fourth-order valence-corrected chi connectivity index (χ4v) is 4.09. The molecule has 0 aliphatic carbocycles. The molecule has 2 heterocycles. The fourth-order valence-electron chi connectivity index (χ4n) is 2.66. The molecule has 3 rings (SSSR count). The molecule has 174 valence electrons. The van der Waals surface area contributed by atoms with Crippen LogP contribution in [0, 0.1) is 0 Å². The Bertz CT molecular complexity index is 1070. The summed E-state index contributed by atoms with van der Waals surface area (Å²) >= 11 is 2.74. The van der Waals surface area contributed by atoms with Gasteiger partial charge < -0.3 is 14.8 Å². The third kappa shape index (κ3) is 7.88. The average Bonchev–Trinajstić information content (AvgIpc) is 3.45. The highest BCUT2D eigenvalue weighted by Gasteiger charge is 2.16. The first-order chi connectivity index (χ1) is 15.9. The Hall–Kier alpha value is -3.44. The molecule has 0 aliphatic rings. The van der Waals surface area contributed by atoms with E-state index in [0.717, 1.165) is 4.88 Å². The number of thiazole rings is 1. The van der Waals surface area contributed by atoms with E-state index >= 15 is 0 Å². The Labute approximate surface area is 199 Å². The van der Waals surface area contributed by atoms with Crippen molar-refractivity contribution in [1.29, 1.82) is 0 Å². The molecule has 0 saturated heterocycles. The largest absolute Gasteiger partial charge is 0.494 e. The highest BCUT2D eigenvalue weighted by molar-refractivity contribution is 7.14. The van der Waals surface area contributed by atoms with Crippen molar-refractivity contribution in [2.45, 2.75) is 32.8 Å². The van der Waals surface area contributed by atoms with Crippen LogP contribution in [-0.4, -0.2) is 35.4 Å². The minimum atomic E-state index is -0.826. The Balaban J connectivity index is 1.39. The van der Waals surface area contributed by atoms with Crippen LogP contribution in [-0.2, 0) is 27.2 Å². The topological polar surface area (TPSA) is 119 Å². The van der Waals surface area contributed by atoms with E-state index in [1.165, 1.54) is 22.7 Å². The number of rotatable bonds is 10. The maximum absolute atomic E-state index is 12.2. The number of hydrogen-bond donors (Lipinski definition) is 3. The molecular formula is C22H24N4O5S2. The number of carbonyl (C=O) groups is 3. The van der Waals surface area contributed by atoms with E-state index < -0.39 is 17.9 Å².